The third kappa shape index (κ3) is 3.72. The summed E-state index contributed by atoms with van der Waals surface area (Å²) in [6, 6.07) is 6.05. The summed E-state index contributed by atoms with van der Waals surface area (Å²) in [5.41, 5.74) is 3.49. The van der Waals surface area contributed by atoms with Crippen LogP contribution in [0.15, 0.2) is 41.3 Å². The first-order valence-corrected chi connectivity index (χ1v) is 9.08. The molecule has 1 saturated heterocycles. The number of hydrogen-bond donors (Lipinski definition) is 0. The third-order valence-corrected chi connectivity index (χ3v) is 4.78. The number of carbonyl (C=O) groups is 1. The minimum Gasteiger partial charge on any atom is -0.335 e. The standard InChI is InChI=1S/C20H21N5O2/c1-13-8-14(2)10-15(9-13)20(26)25-7-3-4-16(25)11-18-23-19(27-24-18)17-12-21-5-6-22-17/h5-6,8-10,12,16H,3-4,7,11H2,1-2H3. The summed E-state index contributed by atoms with van der Waals surface area (Å²) in [7, 11) is 0. The Hall–Kier alpha value is -3.09. The molecule has 2 aromatic heterocycles. The molecule has 7 nitrogen and oxygen atoms in total. The molecule has 1 aliphatic heterocycles. The van der Waals surface area contributed by atoms with Crippen molar-refractivity contribution < 1.29 is 9.32 Å². The molecule has 0 bridgehead atoms. The number of nitrogens with zero attached hydrogens (tertiary/aromatic N) is 5. The molecule has 0 radical (unpaired) electrons. The van der Waals surface area contributed by atoms with E-state index in [0.717, 1.165) is 36.1 Å². The number of aromatic nitrogens is 4. The Balaban J connectivity index is 1.50. The lowest BCUT2D eigenvalue weighted by atomic mass is 10.1. The highest BCUT2D eigenvalue weighted by molar-refractivity contribution is 5.95. The van der Waals surface area contributed by atoms with Gasteiger partial charge in [-0.1, -0.05) is 22.3 Å². The average Bonchev–Trinajstić information content (AvgIpc) is 3.31. The molecule has 1 aromatic carbocycles. The van der Waals surface area contributed by atoms with Crippen LogP contribution >= 0.6 is 0 Å². The fourth-order valence-electron chi connectivity index (χ4n) is 3.64. The second-order valence-electron chi connectivity index (χ2n) is 6.98. The van der Waals surface area contributed by atoms with E-state index in [1.54, 1.807) is 18.6 Å². The Bertz CT molecular complexity index is 934. The maximum Gasteiger partial charge on any atom is 0.278 e. The molecule has 1 amide bonds. The van der Waals surface area contributed by atoms with Gasteiger partial charge in [0.1, 0.15) is 5.69 Å². The Morgan fingerprint density at radius 3 is 2.78 bits per heavy atom. The van der Waals surface area contributed by atoms with E-state index >= 15 is 0 Å². The number of likely N-dealkylation sites (tertiary alicyclic amines) is 1. The predicted octanol–water partition coefficient (Wildman–Crippen LogP) is 2.99. The first-order valence-electron chi connectivity index (χ1n) is 9.08. The summed E-state index contributed by atoms with van der Waals surface area (Å²) in [4.78, 5) is 27.6. The van der Waals surface area contributed by atoms with Gasteiger partial charge in [-0.25, -0.2) is 4.98 Å². The summed E-state index contributed by atoms with van der Waals surface area (Å²) in [6.07, 6.45) is 7.25. The number of benzene rings is 1. The Labute approximate surface area is 157 Å². The van der Waals surface area contributed by atoms with Crippen LogP contribution in [-0.4, -0.2) is 43.5 Å². The van der Waals surface area contributed by atoms with Crippen LogP contribution in [0.5, 0.6) is 0 Å². The lowest BCUT2D eigenvalue weighted by Gasteiger charge is -2.24. The molecule has 4 rings (SSSR count). The van der Waals surface area contributed by atoms with Crippen LogP contribution in [0.3, 0.4) is 0 Å². The number of carbonyl (C=O) groups excluding carboxylic acids is 1. The lowest BCUT2D eigenvalue weighted by molar-refractivity contribution is 0.0734. The van der Waals surface area contributed by atoms with Gasteiger partial charge in [0.25, 0.3) is 11.8 Å². The predicted molar refractivity (Wildman–Crippen MR) is 99.0 cm³/mol. The van der Waals surface area contributed by atoms with Crippen molar-refractivity contribution in [3.8, 4) is 11.6 Å². The lowest BCUT2D eigenvalue weighted by Crippen LogP contribution is -2.37. The molecular formula is C20H21N5O2. The molecule has 3 heterocycles. The van der Waals surface area contributed by atoms with Crippen LogP contribution in [0, 0.1) is 13.8 Å². The topological polar surface area (TPSA) is 85.0 Å². The van der Waals surface area contributed by atoms with Crippen molar-refractivity contribution in [2.75, 3.05) is 6.54 Å². The van der Waals surface area contributed by atoms with Gasteiger partial charge >= 0.3 is 0 Å². The highest BCUT2D eigenvalue weighted by Crippen LogP contribution is 2.24. The largest absolute Gasteiger partial charge is 0.335 e. The summed E-state index contributed by atoms with van der Waals surface area (Å²) < 4.78 is 5.31. The minimum atomic E-state index is 0.0712. The van der Waals surface area contributed by atoms with Crippen LogP contribution in [0.25, 0.3) is 11.6 Å². The summed E-state index contributed by atoms with van der Waals surface area (Å²) >= 11 is 0. The first-order chi connectivity index (χ1) is 13.1. The van der Waals surface area contributed by atoms with Crippen molar-refractivity contribution in [1.29, 1.82) is 0 Å². The minimum absolute atomic E-state index is 0.0712. The molecule has 1 fully saturated rings. The highest BCUT2D eigenvalue weighted by atomic mass is 16.5. The third-order valence-electron chi connectivity index (χ3n) is 4.78. The molecule has 138 valence electrons. The molecule has 1 aliphatic rings. The van der Waals surface area contributed by atoms with E-state index in [0.29, 0.717) is 23.8 Å². The molecule has 27 heavy (non-hydrogen) atoms. The van der Waals surface area contributed by atoms with Crippen LogP contribution in [0.4, 0.5) is 0 Å². The van der Waals surface area contributed by atoms with Gasteiger partial charge in [-0.3, -0.25) is 9.78 Å². The molecule has 3 aromatic rings. The second kappa shape index (κ2) is 7.26. The van der Waals surface area contributed by atoms with Crippen molar-refractivity contribution in [3.63, 3.8) is 0 Å². The fourth-order valence-corrected chi connectivity index (χ4v) is 3.64. The van der Waals surface area contributed by atoms with Gasteiger partial charge < -0.3 is 9.42 Å². The summed E-state index contributed by atoms with van der Waals surface area (Å²) in [5, 5.41) is 4.06. The zero-order valence-electron chi connectivity index (χ0n) is 15.4. The highest BCUT2D eigenvalue weighted by Gasteiger charge is 2.31. The molecule has 0 aliphatic carbocycles. The van der Waals surface area contributed by atoms with Crippen LogP contribution < -0.4 is 0 Å². The van der Waals surface area contributed by atoms with Crippen molar-refractivity contribution in [1.82, 2.24) is 25.0 Å². The van der Waals surface area contributed by atoms with Gasteiger partial charge in [0.05, 0.1) is 6.20 Å². The van der Waals surface area contributed by atoms with Gasteiger partial charge in [-0.2, -0.15) is 4.98 Å². The number of amides is 1. The van der Waals surface area contributed by atoms with Crippen molar-refractivity contribution in [2.45, 2.75) is 39.2 Å². The second-order valence-corrected chi connectivity index (χ2v) is 6.98. The van der Waals surface area contributed by atoms with E-state index in [1.165, 1.54) is 0 Å². The number of hydrogen-bond acceptors (Lipinski definition) is 6. The quantitative estimate of drug-likeness (QED) is 0.708. The van der Waals surface area contributed by atoms with Gasteiger partial charge in [-0.15, -0.1) is 0 Å². The zero-order valence-corrected chi connectivity index (χ0v) is 15.4. The maximum absolute atomic E-state index is 13.0. The molecule has 7 heteroatoms. The maximum atomic E-state index is 13.0. The molecule has 0 saturated carbocycles. The van der Waals surface area contributed by atoms with Crippen molar-refractivity contribution in [2.24, 2.45) is 0 Å². The van der Waals surface area contributed by atoms with Crippen LogP contribution in [-0.2, 0) is 6.42 Å². The van der Waals surface area contributed by atoms with Gasteiger partial charge in [-0.05, 0) is 38.8 Å². The van der Waals surface area contributed by atoms with Crippen molar-refractivity contribution in [3.05, 3.63) is 59.3 Å². The molecule has 0 spiro atoms. The van der Waals surface area contributed by atoms with E-state index in [4.69, 9.17) is 4.52 Å². The van der Waals surface area contributed by atoms with E-state index in [2.05, 4.69) is 26.2 Å². The molecule has 1 unspecified atom stereocenters. The van der Waals surface area contributed by atoms with Gasteiger partial charge in [0.2, 0.25) is 0 Å². The Kier molecular flexibility index (Phi) is 4.66. The Morgan fingerprint density at radius 1 is 1.22 bits per heavy atom. The van der Waals surface area contributed by atoms with Crippen LogP contribution in [0.1, 0.15) is 40.2 Å². The SMILES string of the molecule is Cc1cc(C)cc(C(=O)N2CCCC2Cc2noc(-c3cnccn3)n2)c1. The zero-order chi connectivity index (χ0) is 18.8. The normalized spacial score (nSPS) is 16.7. The van der Waals surface area contributed by atoms with Crippen LogP contribution in [0.2, 0.25) is 0 Å². The van der Waals surface area contributed by atoms with E-state index in [9.17, 15) is 4.79 Å². The fraction of sp³-hybridized carbons (Fsp3) is 0.350. The smallest absolute Gasteiger partial charge is 0.278 e. The van der Waals surface area contributed by atoms with Gasteiger partial charge in [0, 0.05) is 37.0 Å². The number of aryl methyl sites for hydroxylation is 2. The van der Waals surface area contributed by atoms with E-state index in [1.807, 2.05) is 30.9 Å². The van der Waals surface area contributed by atoms with Gasteiger partial charge in [0.15, 0.2) is 5.82 Å². The molecular weight excluding hydrogens is 342 g/mol. The molecule has 1 atom stereocenters. The van der Waals surface area contributed by atoms with Crippen molar-refractivity contribution >= 4 is 5.91 Å². The monoisotopic (exact) mass is 363 g/mol. The van der Waals surface area contributed by atoms with E-state index in [-0.39, 0.29) is 11.9 Å². The Morgan fingerprint density at radius 2 is 2.04 bits per heavy atom. The number of rotatable bonds is 4. The first kappa shape index (κ1) is 17.3. The summed E-state index contributed by atoms with van der Waals surface area (Å²) in [6.45, 7) is 4.78. The summed E-state index contributed by atoms with van der Waals surface area (Å²) in [5.74, 6) is 1.01. The van der Waals surface area contributed by atoms with E-state index < -0.39 is 0 Å². The average molecular weight is 363 g/mol. The molecule has 0 N–H and O–H groups in total.